The van der Waals surface area contributed by atoms with E-state index in [0.717, 1.165) is 6.42 Å². The van der Waals surface area contributed by atoms with E-state index in [9.17, 15) is 4.79 Å². The standard InChI is InChI=1S/C9H13N7O/c10-8-6-7(13-14-8)9(17)11-2-1-4-16-5-3-12-15-16/h3,5-6H,1-2,4H2,(H,11,17)(H3,10,13,14). The van der Waals surface area contributed by atoms with Gasteiger partial charge in [-0.25, -0.2) is 0 Å². The number of rotatable bonds is 5. The van der Waals surface area contributed by atoms with E-state index < -0.39 is 0 Å². The number of aryl methyl sites for hydroxylation is 1. The third-order valence-electron chi connectivity index (χ3n) is 2.16. The monoisotopic (exact) mass is 235 g/mol. The third-order valence-corrected chi connectivity index (χ3v) is 2.16. The number of aromatic nitrogens is 5. The number of hydrogen-bond donors (Lipinski definition) is 3. The maximum absolute atomic E-state index is 11.5. The summed E-state index contributed by atoms with van der Waals surface area (Å²) in [6.45, 7) is 1.27. The van der Waals surface area contributed by atoms with Gasteiger partial charge in [0.15, 0.2) is 0 Å². The van der Waals surface area contributed by atoms with E-state index in [4.69, 9.17) is 5.73 Å². The predicted molar refractivity (Wildman–Crippen MR) is 60.0 cm³/mol. The van der Waals surface area contributed by atoms with Gasteiger partial charge < -0.3 is 11.1 Å². The maximum Gasteiger partial charge on any atom is 0.269 e. The quantitative estimate of drug-likeness (QED) is 0.599. The second-order valence-corrected chi connectivity index (χ2v) is 3.48. The van der Waals surface area contributed by atoms with Gasteiger partial charge in [0.2, 0.25) is 0 Å². The fourth-order valence-corrected chi connectivity index (χ4v) is 1.34. The Morgan fingerprint density at radius 3 is 3.12 bits per heavy atom. The van der Waals surface area contributed by atoms with E-state index in [1.54, 1.807) is 17.1 Å². The van der Waals surface area contributed by atoms with Gasteiger partial charge >= 0.3 is 0 Å². The Bertz CT molecular complexity index is 475. The molecule has 0 bridgehead atoms. The molecule has 2 heterocycles. The summed E-state index contributed by atoms with van der Waals surface area (Å²) in [5, 5.41) is 16.5. The van der Waals surface area contributed by atoms with Gasteiger partial charge in [-0.15, -0.1) is 5.10 Å². The highest BCUT2D eigenvalue weighted by molar-refractivity contribution is 5.92. The van der Waals surface area contributed by atoms with Crippen LogP contribution in [0.5, 0.6) is 0 Å². The van der Waals surface area contributed by atoms with Gasteiger partial charge in [0.25, 0.3) is 5.91 Å². The molecule has 0 spiro atoms. The Kier molecular flexibility index (Phi) is 3.34. The number of carbonyl (C=O) groups is 1. The topological polar surface area (TPSA) is 115 Å². The minimum absolute atomic E-state index is 0.215. The molecule has 17 heavy (non-hydrogen) atoms. The Balaban J connectivity index is 1.70. The average molecular weight is 235 g/mol. The number of H-pyrrole nitrogens is 1. The Morgan fingerprint density at radius 1 is 1.59 bits per heavy atom. The number of anilines is 1. The molecule has 8 nitrogen and oxygen atoms in total. The van der Waals surface area contributed by atoms with Crippen LogP contribution in [0.3, 0.4) is 0 Å². The van der Waals surface area contributed by atoms with Gasteiger partial charge in [0, 0.05) is 25.4 Å². The molecule has 0 fully saturated rings. The summed E-state index contributed by atoms with van der Waals surface area (Å²) in [7, 11) is 0. The lowest BCUT2D eigenvalue weighted by Crippen LogP contribution is -2.25. The van der Waals surface area contributed by atoms with Crippen molar-refractivity contribution in [2.45, 2.75) is 13.0 Å². The van der Waals surface area contributed by atoms with Crippen molar-refractivity contribution < 1.29 is 4.79 Å². The van der Waals surface area contributed by atoms with Crippen molar-refractivity contribution in [3.63, 3.8) is 0 Å². The third kappa shape index (κ3) is 3.03. The van der Waals surface area contributed by atoms with Gasteiger partial charge in [-0.05, 0) is 6.42 Å². The number of nitrogens with zero attached hydrogens (tertiary/aromatic N) is 4. The number of nitrogens with one attached hydrogen (secondary N) is 2. The average Bonchev–Trinajstić information content (AvgIpc) is 2.95. The van der Waals surface area contributed by atoms with Crippen molar-refractivity contribution in [3.05, 3.63) is 24.2 Å². The van der Waals surface area contributed by atoms with Crippen LogP contribution < -0.4 is 11.1 Å². The van der Waals surface area contributed by atoms with Crippen molar-refractivity contribution in [1.82, 2.24) is 30.5 Å². The van der Waals surface area contributed by atoms with Gasteiger partial charge in [-0.3, -0.25) is 14.6 Å². The molecular weight excluding hydrogens is 222 g/mol. The number of carbonyl (C=O) groups excluding carboxylic acids is 1. The zero-order chi connectivity index (χ0) is 12.1. The normalized spacial score (nSPS) is 10.4. The Labute approximate surface area is 97.2 Å². The molecule has 2 aromatic rings. The highest BCUT2D eigenvalue weighted by atomic mass is 16.1. The zero-order valence-corrected chi connectivity index (χ0v) is 9.13. The molecule has 1 amide bonds. The molecule has 2 aromatic heterocycles. The number of amides is 1. The predicted octanol–water partition coefficient (Wildman–Crippen LogP) is -0.597. The van der Waals surface area contributed by atoms with Gasteiger partial charge in [0.05, 0.1) is 6.20 Å². The number of hydrogen-bond acceptors (Lipinski definition) is 5. The van der Waals surface area contributed by atoms with Crippen molar-refractivity contribution in [2.24, 2.45) is 0 Å². The minimum atomic E-state index is -0.215. The van der Waals surface area contributed by atoms with Gasteiger partial charge in [0.1, 0.15) is 11.5 Å². The molecule has 0 atom stereocenters. The summed E-state index contributed by atoms with van der Waals surface area (Å²) < 4.78 is 1.71. The van der Waals surface area contributed by atoms with Crippen LogP contribution in [0.2, 0.25) is 0 Å². The van der Waals surface area contributed by atoms with Crippen molar-refractivity contribution >= 4 is 11.7 Å². The Morgan fingerprint density at radius 2 is 2.47 bits per heavy atom. The molecule has 0 aliphatic heterocycles. The molecule has 8 heteroatoms. The zero-order valence-electron chi connectivity index (χ0n) is 9.13. The van der Waals surface area contributed by atoms with Crippen molar-refractivity contribution in [2.75, 3.05) is 12.3 Å². The van der Waals surface area contributed by atoms with Crippen LogP contribution in [0.25, 0.3) is 0 Å². The minimum Gasteiger partial charge on any atom is -0.382 e. The Hall–Kier alpha value is -2.38. The van der Waals surface area contributed by atoms with Crippen molar-refractivity contribution in [1.29, 1.82) is 0 Å². The fourth-order valence-electron chi connectivity index (χ4n) is 1.34. The SMILES string of the molecule is Nc1cc(C(=O)NCCCn2ccnn2)[nH]n1. The summed E-state index contributed by atoms with van der Waals surface area (Å²) in [5.41, 5.74) is 5.76. The molecule has 0 saturated carbocycles. The second-order valence-electron chi connectivity index (χ2n) is 3.48. The molecule has 0 unspecified atom stereocenters. The summed E-state index contributed by atoms with van der Waals surface area (Å²) in [6, 6.07) is 1.49. The first-order chi connectivity index (χ1) is 8.25. The van der Waals surface area contributed by atoms with E-state index in [-0.39, 0.29) is 5.91 Å². The molecule has 4 N–H and O–H groups in total. The number of nitrogens with two attached hydrogens (primary N) is 1. The molecule has 2 rings (SSSR count). The second kappa shape index (κ2) is 5.10. The number of nitrogen functional groups attached to an aromatic ring is 1. The molecule has 0 saturated heterocycles. The van der Waals surface area contributed by atoms with Gasteiger partial charge in [-0.1, -0.05) is 5.21 Å². The van der Waals surface area contributed by atoms with E-state index in [1.165, 1.54) is 6.07 Å². The molecule has 0 aromatic carbocycles. The summed E-state index contributed by atoms with van der Waals surface area (Å²) in [6.07, 6.45) is 4.17. The van der Waals surface area contributed by atoms with Crippen LogP contribution in [0.15, 0.2) is 18.5 Å². The summed E-state index contributed by atoms with van der Waals surface area (Å²) in [4.78, 5) is 11.5. The van der Waals surface area contributed by atoms with E-state index in [2.05, 4.69) is 25.8 Å². The molecule has 0 aliphatic carbocycles. The number of aromatic amines is 1. The highest BCUT2D eigenvalue weighted by Gasteiger charge is 2.07. The molecule has 0 radical (unpaired) electrons. The van der Waals surface area contributed by atoms with Crippen LogP contribution in [-0.2, 0) is 6.54 Å². The lowest BCUT2D eigenvalue weighted by molar-refractivity contribution is 0.0947. The fraction of sp³-hybridized carbons (Fsp3) is 0.333. The first-order valence-corrected chi connectivity index (χ1v) is 5.19. The van der Waals surface area contributed by atoms with Crippen molar-refractivity contribution in [3.8, 4) is 0 Å². The van der Waals surface area contributed by atoms with Crippen LogP contribution >= 0.6 is 0 Å². The largest absolute Gasteiger partial charge is 0.382 e. The highest BCUT2D eigenvalue weighted by Crippen LogP contribution is 1.99. The summed E-state index contributed by atoms with van der Waals surface area (Å²) in [5.74, 6) is 0.0885. The van der Waals surface area contributed by atoms with Crippen LogP contribution in [0.1, 0.15) is 16.9 Å². The van der Waals surface area contributed by atoms with Crippen LogP contribution in [0, 0.1) is 0 Å². The lowest BCUT2D eigenvalue weighted by Gasteiger charge is -2.03. The molecule has 90 valence electrons. The van der Waals surface area contributed by atoms with Gasteiger partial charge in [-0.2, -0.15) is 5.10 Å². The van der Waals surface area contributed by atoms with Crippen LogP contribution in [-0.4, -0.2) is 37.6 Å². The van der Waals surface area contributed by atoms with E-state index in [0.29, 0.717) is 24.6 Å². The lowest BCUT2D eigenvalue weighted by atomic mass is 10.3. The molecule has 0 aliphatic rings. The summed E-state index contributed by atoms with van der Waals surface area (Å²) >= 11 is 0. The van der Waals surface area contributed by atoms with E-state index >= 15 is 0 Å². The maximum atomic E-state index is 11.5. The van der Waals surface area contributed by atoms with Crippen LogP contribution in [0.4, 0.5) is 5.82 Å². The van der Waals surface area contributed by atoms with E-state index in [1.807, 2.05) is 0 Å². The first kappa shape index (κ1) is 11.1. The molecular formula is C9H13N7O. The first-order valence-electron chi connectivity index (χ1n) is 5.19. The smallest absolute Gasteiger partial charge is 0.269 e.